The molecule has 0 aliphatic heterocycles. The van der Waals surface area contributed by atoms with Gasteiger partial charge in [0.2, 0.25) is 17.7 Å². The third-order valence-electron chi connectivity index (χ3n) is 5.63. The van der Waals surface area contributed by atoms with Crippen molar-refractivity contribution in [1.29, 1.82) is 5.41 Å². The van der Waals surface area contributed by atoms with Crippen LogP contribution in [0.1, 0.15) is 57.6 Å². The van der Waals surface area contributed by atoms with Crippen LogP contribution in [-0.4, -0.2) is 58.3 Å². The molecule has 0 fully saturated rings. The van der Waals surface area contributed by atoms with Crippen molar-refractivity contribution in [2.24, 2.45) is 5.73 Å². The molecule has 3 amide bonds. The largest absolute Gasteiger partial charge is 0.480 e. The van der Waals surface area contributed by atoms with Gasteiger partial charge in [-0.05, 0) is 57.0 Å². The Hall–Kier alpha value is -4.74. The molecule has 0 saturated heterocycles. The summed E-state index contributed by atoms with van der Waals surface area (Å²) in [5.41, 5.74) is 6.28. The van der Waals surface area contributed by atoms with Gasteiger partial charge in [0.05, 0.1) is 6.42 Å². The molecule has 0 radical (unpaired) electrons. The van der Waals surface area contributed by atoms with Gasteiger partial charge in [0.1, 0.15) is 23.5 Å². The lowest BCUT2D eigenvalue weighted by Crippen LogP contribution is -2.53. The van der Waals surface area contributed by atoms with Gasteiger partial charge in [-0.1, -0.05) is 30.3 Å². The molecule has 2 aromatic rings. The van der Waals surface area contributed by atoms with Gasteiger partial charge in [-0.3, -0.25) is 24.6 Å². The molecule has 41 heavy (non-hydrogen) atoms. The molecule has 7 N–H and O–H groups in total. The van der Waals surface area contributed by atoms with Crippen LogP contribution in [0, 0.1) is 5.41 Å². The topological polar surface area (TPSA) is 201 Å². The first kappa shape index (κ1) is 32.5. The van der Waals surface area contributed by atoms with E-state index in [-0.39, 0.29) is 37.4 Å². The molecular formula is C29H37N5O7. The number of nitrogen functional groups attached to an aromatic ring is 1. The fourth-order valence-corrected chi connectivity index (χ4v) is 3.71. The number of hydrogen-bond acceptors (Lipinski definition) is 7. The molecule has 220 valence electrons. The minimum absolute atomic E-state index is 0.00159. The van der Waals surface area contributed by atoms with E-state index in [1.165, 1.54) is 0 Å². The van der Waals surface area contributed by atoms with Crippen LogP contribution in [0.15, 0.2) is 54.6 Å². The SMILES string of the molecule is CC(C)(C)OC(=O)C[C@H](NC(=O)CCCC(=O)Nc1ccc(C(=N)N)cc1)C(=O)N[C@@H](Cc1ccccc1)C(=O)O. The maximum Gasteiger partial charge on any atom is 0.326 e. The molecule has 12 nitrogen and oxygen atoms in total. The number of carboxylic acids is 1. The van der Waals surface area contributed by atoms with Crippen LogP contribution in [0.2, 0.25) is 0 Å². The number of carboxylic acid groups (broad SMARTS) is 1. The quantitative estimate of drug-likeness (QED) is 0.113. The van der Waals surface area contributed by atoms with Gasteiger partial charge in [-0.25, -0.2) is 4.79 Å². The van der Waals surface area contributed by atoms with Gasteiger partial charge in [-0.2, -0.15) is 0 Å². The maximum absolute atomic E-state index is 13.1. The summed E-state index contributed by atoms with van der Waals surface area (Å²) in [6.45, 7) is 4.96. The highest BCUT2D eigenvalue weighted by Crippen LogP contribution is 2.12. The number of carbonyl (C=O) groups is 5. The van der Waals surface area contributed by atoms with Gasteiger partial charge in [-0.15, -0.1) is 0 Å². The predicted molar refractivity (Wildman–Crippen MR) is 152 cm³/mol. The summed E-state index contributed by atoms with van der Waals surface area (Å²) in [5, 5.41) is 24.6. The van der Waals surface area contributed by atoms with Crippen LogP contribution in [0.5, 0.6) is 0 Å². The Morgan fingerprint density at radius 1 is 0.902 bits per heavy atom. The fourth-order valence-electron chi connectivity index (χ4n) is 3.71. The number of amides is 3. The molecule has 0 aromatic heterocycles. The zero-order chi connectivity index (χ0) is 30.6. The lowest BCUT2D eigenvalue weighted by Gasteiger charge is -2.24. The van der Waals surface area contributed by atoms with Crippen molar-refractivity contribution in [1.82, 2.24) is 10.6 Å². The first-order valence-electron chi connectivity index (χ1n) is 13.1. The van der Waals surface area contributed by atoms with Crippen molar-refractivity contribution >= 4 is 41.2 Å². The highest BCUT2D eigenvalue weighted by molar-refractivity contribution is 5.96. The number of benzene rings is 2. The van der Waals surface area contributed by atoms with Gasteiger partial charge in [0, 0.05) is 30.5 Å². The highest BCUT2D eigenvalue weighted by Gasteiger charge is 2.30. The van der Waals surface area contributed by atoms with Gasteiger partial charge < -0.3 is 31.5 Å². The number of anilines is 1. The maximum atomic E-state index is 13.1. The summed E-state index contributed by atoms with van der Waals surface area (Å²) in [6, 6.07) is 12.4. The fraction of sp³-hybridized carbons (Fsp3) is 0.379. The average molecular weight is 568 g/mol. The van der Waals surface area contributed by atoms with Gasteiger partial charge in [0.15, 0.2) is 0 Å². The van der Waals surface area contributed by atoms with Gasteiger partial charge >= 0.3 is 11.9 Å². The second kappa shape index (κ2) is 15.2. The Morgan fingerprint density at radius 3 is 2.07 bits per heavy atom. The molecule has 2 rings (SSSR count). The van der Waals surface area contributed by atoms with Gasteiger partial charge in [0.25, 0.3) is 0 Å². The summed E-state index contributed by atoms with van der Waals surface area (Å²) in [4.78, 5) is 62.3. The monoisotopic (exact) mass is 567 g/mol. The first-order valence-corrected chi connectivity index (χ1v) is 13.1. The molecular weight excluding hydrogens is 530 g/mol. The van der Waals surface area contributed by atoms with Crippen LogP contribution >= 0.6 is 0 Å². The van der Waals surface area contributed by atoms with Crippen LogP contribution in [0.25, 0.3) is 0 Å². The summed E-state index contributed by atoms with van der Waals surface area (Å²) in [7, 11) is 0. The molecule has 0 heterocycles. The summed E-state index contributed by atoms with van der Waals surface area (Å²) < 4.78 is 5.28. The number of ether oxygens (including phenoxy) is 1. The van der Waals surface area contributed by atoms with E-state index < -0.39 is 47.9 Å². The van der Waals surface area contributed by atoms with Crippen molar-refractivity contribution in [2.75, 3.05) is 5.32 Å². The van der Waals surface area contributed by atoms with E-state index in [2.05, 4.69) is 16.0 Å². The molecule has 2 aromatic carbocycles. The molecule has 0 spiro atoms. The van der Waals surface area contributed by atoms with Crippen molar-refractivity contribution in [2.45, 2.75) is 70.6 Å². The number of nitrogens with one attached hydrogen (secondary N) is 4. The van der Waals surface area contributed by atoms with E-state index in [0.29, 0.717) is 16.8 Å². The molecule has 2 atom stereocenters. The third kappa shape index (κ3) is 12.3. The zero-order valence-corrected chi connectivity index (χ0v) is 23.4. The normalized spacial score (nSPS) is 12.4. The Balaban J connectivity index is 1.98. The minimum atomic E-state index is -1.39. The number of rotatable bonds is 14. The summed E-state index contributed by atoms with van der Waals surface area (Å²) in [6.07, 6.45) is -0.481. The smallest absolute Gasteiger partial charge is 0.326 e. The van der Waals surface area contributed by atoms with Crippen molar-refractivity contribution in [3.63, 3.8) is 0 Å². The number of aliphatic carboxylic acids is 1. The number of esters is 1. The van der Waals surface area contributed by atoms with Crippen molar-refractivity contribution in [3.05, 3.63) is 65.7 Å². The molecule has 0 aliphatic carbocycles. The number of hydrogen-bond donors (Lipinski definition) is 6. The first-order chi connectivity index (χ1) is 19.2. The van der Waals surface area contributed by atoms with E-state index in [1.54, 1.807) is 75.4 Å². The van der Waals surface area contributed by atoms with E-state index in [4.69, 9.17) is 15.9 Å². The van der Waals surface area contributed by atoms with Crippen molar-refractivity contribution in [3.8, 4) is 0 Å². The van der Waals surface area contributed by atoms with E-state index in [0.717, 1.165) is 0 Å². The van der Waals surface area contributed by atoms with Crippen LogP contribution in [0.4, 0.5) is 5.69 Å². The standard InChI is InChI=1S/C29H37N5O7/c1-29(2,3)41-25(37)17-21(27(38)34-22(28(39)40)16-18-8-5-4-6-9-18)33-24(36)11-7-10-23(35)32-20-14-12-19(13-15-20)26(30)31/h4-6,8-9,12-15,21-22H,7,10-11,16-17H2,1-3H3,(H3,30,31)(H,32,35)(H,33,36)(H,34,38)(H,39,40)/t21-,22-/m0/s1. The van der Waals surface area contributed by atoms with Crippen LogP contribution in [0.3, 0.4) is 0 Å². The molecule has 0 bridgehead atoms. The Labute approximate surface area is 238 Å². The predicted octanol–water partition coefficient (Wildman–Crippen LogP) is 2.11. The second-order valence-electron chi connectivity index (χ2n) is 10.4. The van der Waals surface area contributed by atoms with Crippen LogP contribution in [-0.2, 0) is 35.1 Å². The number of nitrogens with two attached hydrogens (primary N) is 1. The zero-order valence-electron chi connectivity index (χ0n) is 23.4. The Morgan fingerprint density at radius 2 is 1.51 bits per heavy atom. The molecule has 0 saturated carbocycles. The lowest BCUT2D eigenvalue weighted by molar-refractivity contribution is -0.156. The van der Waals surface area contributed by atoms with E-state index >= 15 is 0 Å². The lowest BCUT2D eigenvalue weighted by atomic mass is 10.0. The third-order valence-corrected chi connectivity index (χ3v) is 5.63. The highest BCUT2D eigenvalue weighted by atomic mass is 16.6. The Bertz CT molecular complexity index is 1240. The van der Waals surface area contributed by atoms with E-state index in [9.17, 15) is 29.1 Å². The molecule has 12 heteroatoms. The molecule has 0 aliphatic rings. The molecule has 0 unspecified atom stereocenters. The second-order valence-corrected chi connectivity index (χ2v) is 10.4. The summed E-state index contributed by atoms with van der Waals surface area (Å²) >= 11 is 0. The number of amidine groups is 1. The van der Waals surface area contributed by atoms with Crippen molar-refractivity contribution < 1.29 is 33.8 Å². The number of carbonyl (C=O) groups excluding carboxylic acids is 4. The summed E-state index contributed by atoms with van der Waals surface area (Å²) in [5.74, 6) is -3.90. The van der Waals surface area contributed by atoms with E-state index in [1.807, 2.05) is 0 Å². The van der Waals surface area contributed by atoms with Crippen LogP contribution < -0.4 is 21.7 Å². The Kier molecular flexibility index (Phi) is 12.0. The minimum Gasteiger partial charge on any atom is -0.480 e. The average Bonchev–Trinajstić information content (AvgIpc) is 2.87.